The number of benzene rings is 1. The Morgan fingerprint density at radius 3 is 2.88 bits per heavy atom. The molecule has 3 heterocycles. The van der Waals surface area contributed by atoms with Gasteiger partial charge in [-0.2, -0.15) is 0 Å². The van der Waals surface area contributed by atoms with Crippen LogP contribution in [-0.4, -0.2) is 31.6 Å². The summed E-state index contributed by atoms with van der Waals surface area (Å²) in [4.78, 5) is 27.3. The number of hydrogen-bond acceptors (Lipinski definition) is 8. The molecular formula is C14H9BrN4O3S2. The molecule has 1 unspecified atom stereocenters. The molecule has 1 aliphatic heterocycles. The van der Waals surface area contributed by atoms with Gasteiger partial charge in [0.25, 0.3) is 5.24 Å². The van der Waals surface area contributed by atoms with Crippen molar-refractivity contribution in [1.82, 2.24) is 20.5 Å². The predicted octanol–water partition coefficient (Wildman–Crippen LogP) is 2.93. The van der Waals surface area contributed by atoms with Crippen molar-refractivity contribution in [3.63, 3.8) is 0 Å². The van der Waals surface area contributed by atoms with Crippen molar-refractivity contribution in [3.8, 4) is 0 Å². The topological polar surface area (TPSA) is 98.0 Å². The second-order valence-electron chi connectivity index (χ2n) is 5.07. The molecule has 2 amide bonds. The Kier molecular flexibility index (Phi) is 4.10. The summed E-state index contributed by atoms with van der Waals surface area (Å²) in [5, 5.41) is 10.2. The van der Waals surface area contributed by atoms with E-state index >= 15 is 0 Å². The van der Waals surface area contributed by atoms with Crippen molar-refractivity contribution >= 4 is 60.4 Å². The van der Waals surface area contributed by atoms with E-state index in [2.05, 4.69) is 36.4 Å². The van der Waals surface area contributed by atoms with Crippen molar-refractivity contribution in [3.05, 3.63) is 39.5 Å². The quantitative estimate of drug-likeness (QED) is 0.686. The van der Waals surface area contributed by atoms with Gasteiger partial charge in [0.1, 0.15) is 10.3 Å². The first-order valence-electron chi connectivity index (χ1n) is 6.94. The van der Waals surface area contributed by atoms with E-state index in [1.165, 1.54) is 0 Å². The van der Waals surface area contributed by atoms with Crippen molar-refractivity contribution in [2.45, 2.75) is 18.1 Å². The Morgan fingerprint density at radius 1 is 1.25 bits per heavy atom. The van der Waals surface area contributed by atoms with E-state index in [0.717, 1.165) is 31.5 Å². The molecule has 0 radical (unpaired) electrons. The number of rotatable bonds is 4. The maximum atomic E-state index is 11.6. The number of nitrogens with one attached hydrogen (secondary N) is 1. The molecule has 7 nitrogen and oxygen atoms in total. The number of carbonyl (C=O) groups excluding carboxylic acids is 2. The third kappa shape index (κ3) is 3.21. The maximum Gasteiger partial charge on any atom is 0.286 e. The molecule has 0 bridgehead atoms. The van der Waals surface area contributed by atoms with E-state index in [-0.39, 0.29) is 17.6 Å². The molecule has 0 aliphatic carbocycles. The highest BCUT2D eigenvalue weighted by Gasteiger charge is 2.33. The van der Waals surface area contributed by atoms with Crippen LogP contribution in [0.4, 0.5) is 4.79 Å². The lowest BCUT2D eigenvalue weighted by atomic mass is 10.3. The zero-order valence-electron chi connectivity index (χ0n) is 12.0. The maximum absolute atomic E-state index is 11.6. The summed E-state index contributed by atoms with van der Waals surface area (Å²) < 4.78 is 7.67. The molecule has 1 fully saturated rings. The molecule has 122 valence electrons. The van der Waals surface area contributed by atoms with E-state index in [1.807, 2.05) is 18.2 Å². The van der Waals surface area contributed by atoms with Crippen LogP contribution in [0, 0.1) is 0 Å². The van der Waals surface area contributed by atoms with E-state index in [1.54, 1.807) is 11.3 Å². The van der Waals surface area contributed by atoms with Crippen LogP contribution in [0.2, 0.25) is 0 Å². The number of thioether (sulfide) groups is 1. The molecule has 1 aromatic carbocycles. The molecule has 3 aromatic rings. The Morgan fingerprint density at radius 2 is 2.08 bits per heavy atom. The minimum atomic E-state index is -0.509. The van der Waals surface area contributed by atoms with Gasteiger partial charge < -0.3 is 4.42 Å². The molecule has 4 rings (SSSR count). The monoisotopic (exact) mass is 424 g/mol. The van der Waals surface area contributed by atoms with Gasteiger partial charge >= 0.3 is 0 Å². The Hall–Kier alpha value is -1.78. The van der Waals surface area contributed by atoms with Gasteiger partial charge in [-0.05, 0) is 18.2 Å². The lowest BCUT2D eigenvalue weighted by Gasteiger charge is -1.98. The van der Waals surface area contributed by atoms with Crippen molar-refractivity contribution in [2.24, 2.45) is 0 Å². The fraction of sp³-hybridized carbons (Fsp3) is 0.214. The molecule has 1 N–H and O–H groups in total. The summed E-state index contributed by atoms with van der Waals surface area (Å²) in [6.07, 6.45) is 0.676. The fourth-order valence-electron chi connectivity index (χ4n) is 2.28. The largest absolute Gasteiger partial charge is 0.425 e. The van der Waals surface area contributed by atoms with Gasteiger partial charge in [-0.3, -0.25) is 14.9 Å². The molecule has 0 saturated carbocycles. The van der Waals surface area contributed by atoms with Crippen LogP contribution < -0.4 is 5.32 Å². The molecule has 1 aliphatic rings. The van der Waals surface area contributed by atoms with Crippen molar-refractivity contribution in [1.29, 1.82) is 0 Å². The van der Waals surface area contributed by atoms with Crippen LogP contribution in [-0.2, 0) is 17.6 Å². The summed E-state index contributed by atoms with van der Waals surface area (Å²) in [6, 6.07) is 5.91. The zero-order chi connectivity index (χ0) is 16.7. The van der Waals surface area contributed by atoms with Crippen molar-refractivity contribution < 1.29 is 14.0 Å². The van der Waals surface area contributed by atoms with Crippen LogP contribution >= 0.6 is 39.0 Å². The van der Waals surface area contributed by atoms with Crippen LogP contribution in [0.3, 0.4) is 0 Å². The number of nitrogens with zero attached hydrogens (tertiary/aromatic N) is 3. The average molecular weight is 425 g/mol. The first-order valence-corrected chi connectivity index (χ1v) is 9.43. The average Bonchev–Trinajstić information content (AvgIpc) is 3.19. The third-order valence-electron chi connectivity index (χ3n) is 3.33. The summed E-state index contributed by atoms with van der Waals surface area (Å²) in [5.41, 5.74) is 0.926. The molecule has 2 aromatic heterocycles. The molecule has 1 saturated heterocycles. The first kappa shape index (κ1) is 15.7. The molecule has 24 heavy (non-hydrogen) atoms. The van der Waals surface area contributed by atoms with E-state index in [9.17, 15) is 9.59 Å². The summed E-state index contributed by atoms with van der Waals surface area (Å²) in [5.74, 6) is 0.468. The predicted molar refractivity (Wildman–Crippen MR) is 93.0 cm³/mol. The highest BCUT2D eigenvalue weighted by Crippen LogP contribution is 2.27. The fourth-order valence-corrected chi connectivity index (χ4v) is 4.60. The Labute approximate surface area is 152 Å². The number of carbonyl (C=O) groups is 2. The minimum absolute atomic E-state index is 0.238. The summed E-state index contributed by atoms with van der Waals surface area (Å²) >= 11 is 5.95. The highest BCUT2D eigenvalue weighted by molar-refractivity contribution is 9.10. The summed E-state index contributed by atoms with van der Waals surface area (Å²) in [7, 11) is 0. The van der Waals surface area contributed by atoms with Gasteiger partial charge in [-0.1, -0.05) is 27.7 Å². The molecule has 1 atom stereocenters. The standard InChI is InChI=1S/C14H9BrN4O3S2/c15-6-1-2-7-8(3-6)23-12(16-7)5-11-19-18-10(22-11)4-9-13(20)17-14(21)24-9/h1-3,9H,4-5H2,(H,17,20,21). The van der Waals surface area contributed by atoms with Crippen LogP contribution in [0.15, 0.2) is 27.1 Å². The van der Waals surface area contributed by atoms with Gasteiger partial charge in [0.05, 0.1) is 16.6 Å². The molecular weight excluding hydrogens is 416 g/mol. The lowest BCUT2D eigenvalue weighted by molar-refractivity contribution is -0.119. The van der Waals surface area contributed by atoms with Crippen LogP contribution in [0.1, 0.15) is 16.8 Å². The number of hydrogen-bond donors (Lipinski definition) is 1. The second-order valence-corrected chi connectivity index (χ2v) is 8.28. The smallest absolute Gasteiger partial charge is 0.286 e. The number of amides is 2. The van der Waals surface area contributed by atoms with E-state index < -0.39 is 5.25 Å². The second kappa shape index (κ2) is 6.26. The number of halogens is 1. The number of fused-ring (bicyclic) bond motifs is 1. The first-order chi connectivity index (χ1) is 11.6. The SMILES string of the molecule is O=C1NC(=O)C(Cc2nnc(Cc3nc4ccc(Br)cc4s3)o2)S1. The summed E-state index contributed by atoms with van der Waals surface area (Å²) in [6.45, 7) is 0. The normalized spacial score (nSPS) is 17.6. The van der Waals surface area contributed by atoms with Crippen LogP contribution in [0.25, 0.3) is 10.2 Å². The van der Waals surface area contributed by atoms with Gasteiger partial charge in [0, 0.05) is 10.9 Å². The van der Waals surface area contributed by atoms with E-state index in [4.69, 9.17) is 4.42 Å². The van der Waals surface area contributed by atoms with Gasteiger partial charge in [-0.25, -0.2) is 4.98 Å². The Balaban J connectivity index is 1.48. The molecule has 0 spiro atoms. The lowest BCUT2D eigenvalue weighted by Crippen LogP contribution is -2.25. The number of aromatic nitrogens is 3. The number of thiazole rings is 1. The van der Waals surface area contributed by atoms with E-state index in [0.29, 0.717) is 18.2 Å². The zero-order valence-corrected chi connectivity index (χ0v) is 15.2. The Bertz CT molecular complexity index is 955. The van der Waals surface area contributed by atoms with Crippen LogP contribution in [0.5, 0.6) is 0 Å². The third-order valence-corrected chi connectivity index (χ3v) is 5.83. The minimum Gasteiger partial charge on any atom is -0.425 e. The number of imide groups is 1. The highest BCUT2D eigenvalue weighted by atomic mass is 79.9. The van der Waals surface area contributed by atoms with Gasteiger partial charge in [0.2, 0.25) is 17.7 Å². The molecule has 10 heteroatoms. The van der Waals surface area contributed by atoms with Crippen molar-refractivity contribution in [2.75, 3.05) is 0 Å². The van der Waals surface area contributed by atoms with Gasteiger partial charge in [0.15, 0.2) is 0 Å². The van der Waals surface area contributed by atoms with Gasteiger partial charge in [-0.15, -0.1) is 21.5 Å².